The second-order valence-electron chi connectivity index (χ2n) is 7.26. The van der Waals surface area contributed by atoms with E-state index >= 15 is 0 Å². The molecule has 0 N–H and O–H groups in total. The summed E-state index contributed by atoms with van der Waals surface area (Å²) in [5.41, 5.74) is 1.32. The van der Waals surface area contributed by atoms with Crippen LogP contribution in [-0.2, 0) is 4.79 Å². The number of aromatic nitrogens is 3. The van der Waals surface area contributed by atoms with Crippen molar-refractivity contribution in [3.8, 4) is 23.0 Å². The molecule has 10 heteroatoms. The van der Waals surface area contributed by atoms with Crippen LogP contribution in [0.1, 0.15) is 30.8 Å². The number of fused-ring (bicyclic) bond motifs is 1. The first kappa shape index (κ1) is 24.0. The Morgan fingerprint density at radius 2 is 1.71 bits per heavy atom. The molecule has 0 saturated carbocycles. The molecule has 0 radical (unpaired) electrons. The summed E-state index contributed by atoms with van der Waals surface area (Å²) in [4.78, 5) is 29.1. The maximum absolute atomic E-state index is 12.9. The number of nitrogens with zero attached hydrogens (tertiary/aromatic N) is 3. The highest BCUT2D eigenvalue weighted by molar-refractivity contribution is 7.15. The molecule has 180 valence electrons. The lowest BCUT2D eigenvalue weighted by Crippen LogP contribution is -2.23. The lowest BCUT2D eigenvalue weighted by Gasteiger charge is -2.10. The minimum Gasteiger partial charge on any atom is -0.493 e. The summed E-state index contributed by atoms with van der Waals surface area (Å²) in [7, 11) is 3.16. The molecule has 2 aromatic carbocycles. The number of hydrogen-bond donors (Lipinski definition) is 0. The fourth-order valence-electron chi connectivity index (χ4n) is 3.32. The van der Waals surface area contributed by atoms with Crippen LogP contribution < -0.4 is 29.0 Å². The van der Waals surface area contributed by atoms with Gasteiger partial charge in [0.1, 0.15) is 0 Å². The average molecular weight is 494 g/mol. The largest absolute Gasteiger partial charge is 0.493 e. The molecule has 0 atom stereocenters. The van der Waals surface area contributed by atoms with Gasteiger partial charge in [0.25, 0.3) is 5.56 Å². The molecule has 0 amide bonds. The molecule has 0 spiro atoms. The van der Waals surface area contributed by atoms with Crippen molar-refractivity contribution < 1.29 is 23.7 Å². The van der Waals surface area contributed by atoms with Gasteiger partial charge < -0.3 is 18.9 Å². The van der Waals surface area contributed by atoms with E-state index < -0.39 is 5.97 Å². The van der Waals surface area contributed by atoms with Gasteiger partial charge in [0.15, 0.2) is 28.8 Å². The van der Waals surface area contributed by atoms with Crippen LogP contribution in [0.25, 0.3) is 23.2 Å². The van der Waals surface area contributed by atoms with Crippen LogP contribution in [0.2, 0.25) is 0 Å². The van der Waals surface area contributed by atoms with Crippen LogP contribution in [0.4, 0.5) is 0 Å². The topological polar surface area (TPSA) is 101 Å². The van der Waals surface area contributed by atoms with E-state index in [0.717, 1.165) is 11.1 Å². The van der Waals surface area contributed by atoms with Gasteiger partial charge in [-0.05, 0) is 54.5 Å². The first-order chi connectivity index (χ1) is 16.9. The molecule has 2 aromatic heterocycles. The van der Waals surface area contributed by atoms with E-state index in [-0.39, 0.29) is 5.56 Å². The van der Waals surface area contributed by atoms with Gasteiger partial charge in [-0.1, -0.05) is 29.5 Å². The van der Waals surface area contributed by atoms with Crippen LogP contribution >= 0.6 is 11.3 Å². The van der Waals surface area contributed by atoms with Crippen LogP contribution in [-0.4, -0.2) is 41.4 Å². The standard InChI is InChI=1S/C25H23N3O6S/c1-5-33-21-13-17(7-10-19(21)34-15(2)29)14-22-24(30)28-25(35-22)26-23(27-28)11-8-16-6-9-18(31-3)20(12-16)32-4/h6-14H,5H2,1-4H3. The Balaban J connectivity index is 1.62. The third-order valence-corrected chi connectivity index (χ3v) is 5.81. The van der Waals surface area contributed by atoms with Gasteiger partial charge >= 0.3 is 5.97 Å². The molecule has 0 saturated heterocycles. The summed E-state index contributed by atoms with van der Waals surface area (Å²) in [6, 6.07) is 10.6. The van der Waals surface area contributed by atoms with Crippen LogP contribution in [0.3, 0.4) is 0 Å². The third-order valence-electron chi connectivity index (χ3n) is 4.85. The first-order valence-electron chi connectivity index (χ1n) is 10.7. The fraction of sp³-hybridized carbons (Fsp3) is 0.200. The number of rotatable bonds is 8. The molecule has 35 heavy (non-hydrogen) atoms. The Morgan fingerprint density at radius 1 is 1.00 bits per heavy atom. The van der Waals surface area contributed by atoms with Crippen molar-refractivity contribution in [3.05, 3.63) is 68.2 Å². The summed E-state index contributed by atoms with van der Waals surface area (Å²) in [6.07, 6.45) is 5.29. The minimum absolute atomic E-state index is 0.273. The number of ether oxygens (including phenoxy) is 4. The number of carbonyl (C=O) groups is 1. The number of thiazole rings is 1. The van der Waals surface area contributed by atoms with Crippen molar-refractivity contribution in [2.75, 3.05) is 20.8 Å². The molecule has 0 aliphatic carbocycles. The van der Waals surface area contributed by atoms with Gasteiger partial charge in [0.05, 0.1) is 25.4 Å². The van der Waals surface area contributed by atoms with Gasteiger partial charge in [-0.2, -0.15) is 9.50 Å². The van der Waals surface area contributed by atoms with Gasteiger partial charge in [0.2, 0.25) is 4.96 Å². The highest BCUT2D eigenvalue weighted by atomic mass is 32.1. The lowest BCUT2D eigenvalue weighted by molar-refractivity contribution is -0.132. The predicted octanol–water partition coefficient (Wildman–Crippen LogP) is 3.21. The van der Waals surface area contributed by atoms with E-state index in [0.29, 0.717) is 44.9 Å². The molecule has 2 heterocycles. The molecule has 0 aliphatic heterocycles. The minimum atomic E-state index is -0.439. The Hall–Kier alpha value is -4.18. The highest BCUT2D eigenvalue weighted by Crippen LogP contribution is 2.29. The molecule has 0 aliphatic rings. The Morgan fingerprint density at radius 3 is 2.40 bits per heavy atom. The zero-order valence-corrected chi connectivity index (χ0v) is 20.4. The molecule has 4 aromatic rings. The van der Waals surface area contributed by atoms with E-state index in [1.54, 1.807) is 44.6 Å². The summed E-state index contributed by atoms with van der Waals surface area (Å²) >= 11 is 1.23. The molecule has 0 unspecified atom stereocenters. The number of hydrogen-bond acceptors (Lipinski definition) is 9. The zero-order valence-electron chi connectivity index (χ0n) is 19.6. The molecule has 9 nitrogen and oxygen atoms in total. The van der Waals surface area contributed by atoms with Crippen LogP contribution in [0.5, 0.6) is 23.0 Å². The smallest absolute Gasteiger partial charge is 0.308 e. The summed E-state index contributed by atoms with van der Waals surface area (Å²) in [6.45, 7) is 3.56. The number of esters is 1. The first-order valence-corrected chi connectivity index (χ1v) is 11.5. The molecule has 0 fully saturated rings. The van der Waals surface area contributed by atoms with E-state index in [9.17, 15) is 9.59 Å². The van der Waals surface area contributed by atoms with Crippen LogP contribution in [0, 0.1) is 0 Å². The van der Waals surface area contributed by atoms with Crippen molar-refractivity contribution in [1.82, 2.24) is 14.6 Å². The predicted molar refractivity (Wildman–Crippen MR) is 133 cm³/mol. The summed E-state index contributed by atoms with van der Waals surface area (Å²) < 4.78 is 23.1. The lowest BCUT2D eigenvalue weighted by atomic mass is 10.2. The monoisotopic (exact) mass is 493 g/mol. The van der Waals surface area contributed by atoms with Crippen molar-refractivity contribution in [2.45, 2.75) is 13.8 Å². The van der Waals surface area contributed by atoms with E-state index in [2.05, 4.69) is 10.1 Å². The van der Waals surface area contributed by atoms with Crippen molar-refractivity contribution in [3.63, 3.8) is 0 Å². The van der Waals surface area contributed by atoms with Crippen LogP contribution in [0.15, 0.2) is 41.2 Å². The quantitative estimate of drug-likeness (QED) is 0.272. The Kier molecular flexibility index (Phi) is 7.11. The maximum atomic E-state index is 12.9. The average Bonchev–Trinajstić information content (AvgIpc) is 3.37. The van der Waals surface area contributed by atoms with Gasteiger partial charge in [-0.25, -0.2) is 0 Å². The summed E-state index contributed by atoms with van der Waals surface area (Å²) in [5.74, 6) is 1.98. The molecular formula is C25H23N3O6S. The number of benzene rings is 2. The molecular weight excluding hydrogens is 470 g/mol. The van der Waals surface area contributed by atoms with Crippen molar-refractivity contribution in [1.29, 1.82) is 0 Å². The van der Waals surface area contributed by atoms with E-state index in [1.807, 2.05) is 31.2 Å². The Labute approximate surface area is 204 Å². The van der Waals surface area contributed by atoms with Gasteiger partial charge in [-0.15, -0.1) is 5.10 Å². The molecule has 0 bridgehead atoms. The van der Waals surface area contributed by atoms with E-state index in [4.69, 9.17) is 18.9 Å². The molecule has 4 rings (SSSR count). The van der Waals surface area contributed by atoms with Gasteiger partial charge in [-0.3, -0.25) is 9.59 Å². The maximum Gasteiger partial charge on any atom is 0.308 e. The Bertz CT molecular complexity index is 1520. The number of carbonyl (C=O) groups excluding carboxylic acids is 1. The van der Waals surface area contributed by atoms with E-state index in [1.165, 1.54) is 22.8 Å². The SMILES string of the molecule is CCOc1cc(C=c2sc3nc(C=Cc4ccc(OC)c(OC)c4)nn3c2=O)ccc1OC(C)=O. The van der Waals surface area contributed by atoms with Gasteiger partial charge in [0, 0.05) is 6.92 Å². The number of methoxy groups -OCH3 is 2. The second-order valence-corrected chi connectivity index (χ2v) is 8.27. The van der Waals surface area contributed by atoms with Crippen molar-refractivity contribution >= 4 is 40.5 Å². The van der Waals surface area contributed by atoms with Crippen molar-refractivity contribution in [2.24, 2.45) is 0 Å². The highest BCUT2D eigenvalue weighted by Gasteiger charge is 2.11. The third kappa shape index (κ3) is 5.33. The second kappa shape index (κ2) is 10.4. The fourth-order valence-corrected chi connectivity index (χ4v) is 4.23. The normalized spacial score (nSPS) is 11.8. The summed E-state index contributed by atoms with van der Waals surface area (Å²) in [5, 5.41) is 4.32. The zero-order chi connectivity index (χ0) is 24.9.